The van der Waals surface area contributed by atoms with Crippen LogP contribution in [-0.4, -0.2) is 29.7 Å². The van der Waals surface area contributed by atoms with Crippen LogP contribution in [0.3, 0.4) is 0 Å². The molecule has 0 radical (unpaired) electrons. The number of aliphatic carboxylic acids is 1. The molecule has 7 nitrogen and oxygen atoms in total. The Morgan fingerprint density at radius 3 is 2.22 bits per heavy atom. The van der Waals surface area contributed by atoms with Crippen molar-refractivity contribution in [2.45, 2.75) is 25.2 Å². The summed E-state index contributed by atoms with van der Waals surface area (Å²) in [7, 11) is 0. The van der Waals surface area contributed by atoms with Crippen LogP contribution >= 0.6 is 0 Å². The fourth-order valence-corrected chi connectivity index (χ4v) is 6.39. The summed E-state index contributed by atoms with van der Waals surface area (Å²) >= 11 is 0. The molecule has 0 aliphatic heterocycles. The highest BCUT2D eigenvalue weighted by molar-refractivity contribution is 5.82. The molecule has 32 heavy (non-hydrogen) atoms. The number of carbonyl (C=O) groups excluding carboxylic acids is 2. The highest BCUT2D eigenvalue weighted by Gasteiger charge is 2.77. The second-order valence-electron chi connectivity index (χ2n) is 9.49. The van der Waals surface area contributed by atoms with E-state index in [0.717, 1.165) is 35.1 Å². The van der Waals surface area contributed by atoms with Crippen LogP contribution in [0.4, 0.5) is 4.79 Å². The van der Waals surface area contributed by atoms with E-state index in [1.165, 1.54) is 0 Å². The van der Waals surface area contributed by atoms with Crippen molar-refractivity contribution in [3.8, 4) is 11.1 Å². The summed E-state index contributed by atoms with van der Waals surface area (Å²) < 4.78 is 5.38. The first kappa shape index (κ1) is 19.3. The normalized spacial score (nSPS) is 27.8. The number of ether oxygens (including phenoxy) is 1. The standard InChI is InChI=1S/C25H23NO6/c27-22(28)20-19-17(11-25(9-10-25)21(19)20)23(29)32-26-24(30)31-12-18-15-7-3-1-5-13(15)14-6-2-4-8-16(14)18/h1-8,17-21H,9-12H2,(H,26,30)(H,27,28)/t17-,19-,20-,21+/m0/s1. The number of nitrogens with one attached hydrogen (secondary N) is 1. The predicted molar refractivity (Wildman–Crippen MR) is 112 cm³/mol. The molecule has 1 spiro atoms. The van der Waals surface area contributed by atoms with Gasteiger partial charge in [-0.2, -0.15) is 0 Å². The largest absolute Gasteiger partial charge is 0.481 e. The molecule has 4 aliphatic carbocycles. The zero-order chi connectivity index (χ0) is 22.0. The predicted octanol–water partition coefficient (Wildman–Crippen LogP) is 3.73. The molecule has 0 heterocycles. The molecule has 2 N–H and O–H groups in total. The van der Waals surface area contributed by atoms with Gasteiger partial charge in [0.15, 0.2) is 0 Å². The summed E-state index contributed by atoms with van der Waals surface area (Å²) in [6.07, 6.45) is 1.77. The van der Waals surface area contributed by atoms with Gasteiger partial charge in [-0.3, -0.25) is 4.79 Å². The molecular formula is C25H23NO6. The zero-order valence-corrected chi connectivity index (χ0v) is 17.3. The van der Waals surface area contributed by atoms with Crippen molar-refractivity contribution >= 4 is 18.0 Å². The fraction of sp³-hybridized carbons (Fsp3) is 0.400. The molecule has 0 saturated heterocycles. The first-order chi connectivity index (χ1) is 15.5. The second kappa shape index (κ2) is 6.82. The van der Waals surface area contributed by atoms with Crippen molar-refractivity contribution in [1.82, 2.24) is 5.48 Å². The molecule has 2 aromatic carbocycles. The van der Waals surface area contributed by atoms with Crippen LogP contribution in [0.5, 0.6) is 0 Å². The van der Waals surface area contributed by atoms with Crippen molar-refractivity contribution < 1.29 is 29.1 Å². The average Bonchev–Trinajstić information content (AvgIpc) is 3.67. The number of carbonyl (C=O) groups is 3. The number of hydroxylamine groups is 1. The van der Waals surface area contributed by atoms with Gasteiger partial charge in [0, 0.05) is 5.92 Å². The molecule has 0 bridgehead atoms. The zero-order valence-electron chi connectivity index (χ0n) is 17.3. The lowest BCUT2D eigenvalue weighted by Gasteiger charge is -2.17. The van der Waals surface area contributed by atoms with E-state index in [-0.39, 0.29) is 29.8 Å². The molecule has 7 heteroatoms. The maximum absolute atomic E-state index is 12.6. The summed E-state index contributed by atoms with van der Waals surface area (Å²) in [5.74, 6) is -2.53. The monoisotopic (exact) mass is 433 g/mol. The average molecular weight is 433 g/mol. The molecule has 0 unspecified atom stereocenters. The van der Waals surface area contributed by atoms with Crippen molar-refractivity contribution in [2.75, 3.05) is 6.61 Å². The molecule has 2 aromatic rings. The number of fused-ring (bicyclic) bond motifs is 5. The molecule has 4 atom stereocenters. The first-order valence-electron chi connectivity index (χ1n) is 11.0. The maximum atomic E-state index is 12.6. The summed E-state index contributed by atoms with van der Waals surface area (Å²) in [4.78, 5) is 41.3. The number of benzene rings is 2. The van der Waals surface area contributed by atoms with E-state index in [9.17, 15) is 19.5 Å². The van der Waals surface area contributed by atoms with Crippen molar-refractivity contribution in [3.63, 3.8) is 0 Å². The summed E-state index contributed by atoms with van der Waals surface area (Å²) in [5.41, 5.74) is 6.56. The molecule has 1 amide bonds. The Labute approximate surface area is 184 Å². The van der Waals surface area contributed by atoms with Gasteiger partial charge in [-0.15, -0.1) is 5.48 Å². The molecule has 6 rings (SSSR count). The number of carboxylic acid groups (broad SMARTS) is 1. The minimum atomic E-state index is -0.840. The second-order valence-corrected chi connectivity index (χ2v) is 9.49. The lowest BCUT2D eigenvalue weighted by Crippen LogP contribution is -2.33. The Bertz CT molecular complexity index is 1090. The third-order valence-electron chi connectivity index (χ3n) is 7.93. The van der Waals surface area contributed by atoms with Gasteiger partial charge in [-0.1, -0.05) is 48.5 Å². The Kier molecular flexibility index (Phi) is 4.12. The molecule has 4 aliphatic rings. The minimum Gasteiger partial charge on any atom is -0.481 e. The smallest absolute Gasteiger partial charge is 0.440 e. The van der Waals surface area contributed by atoms with E-state index >= 15 is 0 Å². The van der Waals surface area contributed by atoms with Crippen LogP contribution in [0.1, 0.15) is 36.3 Å². The van der Waals surface area contributed by atoms with Gasteiger partial charge in [-0.25, -0.2) is 9.59 Å². The van der Waals surface area contributed by atoms with E-state index < -0.39 is 29.9 Å². The van der Waals surface area contributed by atoms with E-state index in [0.29, 0.717) is 6.42 Å². The highest BCUT2D eigenvalue weighted by atomic mass is 16.7. The van der Waals surface area contributed by atoms with Crippen LogP contribution < -0.4 is 5.48 Å². The lowest BCUT2D eigenvalue weighted by atomic mass is 9.91. The van der Waals surface area contributed by atoms with Gasteiger partial charge in [0.25, 0.3) is 0 Å². The van der Waals surface area contributed by atoms with Crippen LogP contribution in [0.15, 0.2) is 48.5 Å². The first-order valence-corrected chi connectivity index (χ1v) is 11.0. The lowest BCUT2D eigenvalue weighted by molar-refractivity contribution is -0.156. The summed E-state index contributed by atoms with van der Waals surface area (Å²) in [6, 6.07) is 16.1. The Hall–Kier alpha value is -3.35. The minimum absolute atomic E-state index is 0.00116. The number of hydrogen-bond acceptors (Lipinski definition) is 5. The van der Waals surface area contributed by atoms with E-state index in [1.807, 2.05) is 36.4 Å². The van der Waals surface area contributed by atoms with Crippen LogP contribution in [0.25, 0.3) is 11.1 Å². The number of amides is 1. The van der Waals surface area contributed by atoms with Gasteiger partial charge >= 0.3 is 18.0 Å². The van der Waals surface area contributed by atoms with E-state index in [1.54, 1.807) is 0 Å². The Morgan fingerprint density at radius 1 is 1.00 bits per heavy atom. The van der Waals surface area contributed by atoms with Crippen molar-refractivity contribution in [1.29, 1.82) is 0 Å². The van der Waals surface area contributed by atoms with Gasteiger partial charge in [0.2, 0.25) is 0 Å². The van der Waals surface area contributed by atoms with Gasteiger partial charge in [0.1, 0.15) is 6.61 Å². The van der Waals surface area contributed by atoms with E-state index in [2.05, 4.69) is 17.6 Å². The molecule has 0 aromatic heterocycles. The van der Waals surface area contributed by atoms with Gasteiger partial charge in [0.05, 0.1) is 11.8 Å². The van der Waals surface area contributed by atoms with Gasteiger partial charge < -0.3 is 14.7 Å². The van der Waals surface area contributed by atoms with Crippen LogP contribution in [0.2, 0.25) is 0 Å². The van der Waals surface area contributed by atoms with Crippen LogP contribution in [-0.2, 0) is 19.2 Å². The highest BCUT2D eigenvalue weighted by Crippen LogP contribution is 2.77. The molecular weight excluding hydrogens is 410 g/mol. The third kappa shape index (κ3) is 2.83. The van der Waals surface area contributed by atoms with Crippen molar-refractivity contribution in [2.24, 2.45) is 29.1 Å². The quantitative estimate of drug-likeness (QED) is 0.713. The number of hydrogen-bond donors (Lipinski definition) is 2. The van der Waals surface area contributed by atoms with Gasteiger partial charge in [-0.05, 0) is 58.8 Å². The number of carboxylic acids is 1. The SMILES string of the molecule is O=C(NOC(=O)[C@H]1CC2(CC2)[C@H]2[C@@H](C(=O)O)[C@@H]21)OCC1c2ccccc2-c2ccccc21. The maximum Gasteiger partial charge on any atom is 0.440 e. The molecule has 3 saturated carbocycles. The summed E-state index contributed by atoms with van der Waals surface area (Å²) in [5, 5.41) is 9.41. The Balaban J connectivity index is 1.06. The topological polar surface area (TPSA) is 102 Å². The van der Waals surface area contributed by atoms with Crippen molar-refractivity contribution in [3.05, 3.63) is 59.7 Å². The summed E-state index contributed by atoms with van der Waals surface area (Å²) in [6.45, 7) is 0.121. The number of rotatable bonds is 4. The fourth-order valence-electron chi connectivity index (χ4n) is 6.39. The van der Waals surface area contributed by atoms with E-state index in [4.69, 9.17) is 9.57 Å². The molecule has 3 fully saturated rings. The third-order valence-corrected chi connectivity index (χ3v) is 7.93. The molecule has 164 valence electrons. The van der Waals surface area contributed by atoms with Crippen LogP contribution in [0, 0.1) is 29.1 Å². The Morgan fingerprint density at radius 2 is 1.62 bits per heavy atom.